The van der Waals surface area contributed by atoms with Crippen molar-refractivity contribution in [2.45, 2.75) is 44.5 Å². The second-order valence-electron chi connectivity index (χ2n) is 8.68. The normalized spacial score (nSPS) is 17.4. The summed E-state index contributed by atoms with van der Waals surface area (Å²) in [5.41, 5.74) is 0.913. The molecule has 6 nitrogen and oxygen atoms in total. The zero-order valence-electron chi connectivity index (χ0n) is 18.2. The SMILES string of the molecule is CC(C)(C)C(=O)NCC1c2ccccc2CCN1S(=O)(=O)c1ccc(Br)cc1OC(F)(F)F. The predicted molar refractivity (Wildman–Crippen MR) is 120 cm³/mol. The smallest absolute Gasteiger partial charge is 0.404 e. The van der Waals surface area contributed by atoms with E-state index in [2.05, 4.69) is 26.0 Å². The number of carbonyl (C=O) groups is 1. The van der Waals surface area contributed by atoms with Gasteiger partial charge >= 0.3 is 6.36 Å². The molecule has 0 aliphatic carbocycles. The van der Waals surface area contributed by atoms with Crippen LogP contribution in [0.5, 0.6) is 5.75 Å². The van der Waals surface area contributed by atoms with Crippen molar-refractivity contribution < 1.29 is 31.1 Å². The number of nitrogens with one attached hydrogen (secondary N) is 1. The zero-order valence-corrected chi connectivity index (χ0v) is 20.6. The molecule has 0 spiro atoms. The Hall–Kier alpha value is -2.11. The monoisotopic (exact) mass is 548 g/mol. The topological polar surface area (TPSA) is 75.7 Å². The van der Waals surface area contributed by atoms with E-state index in [0.717, 1.165) is 22.0 Å². The molecule has 0 saturated heterocycles. The van der Waals surface area contributed by atoms with Crippen LogP contribution in [0.3, 0.4) is 0 Å². The van der Waals surface area contributed by atoms with Gasteiger partial charge in [-0.05, 0) is 35.7 Å². The fraction of sp³-hybridized carbons (Fsp3) is 0.409. The van der Waals surface area contributed by atoms with Gasteiger partial charge in [-0.25, -0.2) is 8.42 Å². The summed E-state index contributed by atoms with van der Waals surface area (Å²) < 4.78 is 71.6. The third kappa shape index (κ3) is 5.88. The molecule has 1 aliphatic rings. The number of rotatable bonds is 5. The number of carbonyl (C=O) groups excluding carboxylic acids is 1. The molecular formula is C22H24BrF3N2O4S. The summed E-state index contributed by atoms with van der Waals surface area (Å²) in [5, 5.41) is 2.78. The van der Waals surface area contributed by atoms with Gasteiger partial charge < -0.3 is 10.1 Å². The number of hydrogen-bond acceptors (Lipinski definition) is 4. The van der Waals surface area contributed by atoms with Crippen molar-refractivity contribution in [2.75, 3.05) is 13.1 Å². The summed E-state index contributed by atoms with van der Waals surface area (Å²) in [6, 6.07) is 9.80. The third-order valence-corrected chi connectivity index (χ3v) is 7.66. The van der Waals surface area contributed by atoms with Crippen LogP contribution in [0.1, 0.15) is 37.9 Å². The first-order chi connectivity index (χ1) is 15.2. The molecule has 1 aliphatic heterocycles. The van der Waals surface area contributed by atoms with Crippen LogP contribution < -0.4 is 10.1 Å². The van der Waals surface area contributed by atoms with Gasteiger partial charge in [0.05, 0.1) is 6.04 Å². The molecule has 0 aromatic heterocycles. The number of halogens is 4. The highest BCUT2D eigenvalue weighted by Gasteiger charge is 2.40. The number of alkyl halides is 3. The van der Waals surface area contributed by atoms with Gasteiger partial charge in [0.1, 0.15) is 4.90 Å². The average molecular weight is 549 g/mol. The van der Waals surface area contributed by atoms with Crippen molar-refractivity contribution >= 4 is 31.9 Å². The van der Waals surface area contributed by atoms with Crippen molar-refractivity contribution in [1.82, 2.24) is 9.62 Å². The first-order valence-corrected chi connectivity index (χ1v) is 12.4. The summed E-state index contributed by atoms with van der Waals surface area (Å²) in [5.74, 6) is -1.10. The molecule has 2 aromatic carbocycles. The van der Waals surface area contributed by atoms with E-state index in [1.807, 2.05) is 12.1 Å². The molecule has 180 valence electrons. The van der Waals surface area contributed by atoms with Crippen LogP contribution in [0.4, 0.5) is 13.2 Å². The van der Waals surface area contributed by atoms with Crippen molar-refractivity contribution in [1.29, 1.82) is 0 Å². The molecule has 0 saturated carbocycles. The lowest BCUT2D eigenvalue weighted by Gasteiger charge is -2.37. The Morgan fingerprint density at radius 1 is 1.18 bits per heavy atom. The van der Waals surface area contributed by atoms with Crippen LogP contribution in [-0.2, 0) is 21.2 Å². The number of sulfonamides is 1. The molecule has 0 radical (unpaired) electrons. The quantitative estimate of drug-likeness (QED) is 0.582. The molecule has 3 rings (SSSR count). The van der Waals surface area contributed by atoms with Crippen molar-refractivity contribution in [2.24, 2.45) is 5.41 Å². The Bertz CT molecular complexity index is 1150. The van der Waals surface area contributed by atoms with E-state index >= 15 is 0 Å². The molecule has 0 fully saturated rings. The van der Waals surface area contributed by atoms with Gasteiger partial charge in [-0.2, -0.15) is 4.31 Å². The van der Waals surface area contributed by atoms with Gasteiger partial charge in [0.25, 0.3) is 0 Å². The van der Waals surface area contributed by atoms with Gasteiger partial charge in [-0.15, -0.1) is 13.2 Å². The van der Waals surface area contributed by atoms with Crippen molar-refractivity contribution in [3.63, 3.8) is 0 Å². The van der Waals surface area contributed by atoms with Gasteiger partial charge in [0.2, 0.25) is 15.9 Å². The van der Waals surface area contributed by atoms with Crippen molar-refractivity contribution in [3.8, 4) is 5.75 Å². The molecule has 33 heavy (non-hydrogen) atoms. The van der Waals surface area contributed by atoms with Crippen molar-refractivity contribution in [3.05, 3.63) is 58.1 Å². The molecule has 1 unspecified atom stereocenters. The van der Waals surface area contributed by atoms with Gasteiger partial charge in [-0.1, -0.05) is 61.0 Å². The standard InChI is InChI=1S/C22H24BrF3N2O4S/c1-21(2,3)20(29)27-13-17-16-7-5-4-6-14(16)10-11-28(17)33(30,31)19-9-8-15(23)12-18(19)32-22(24,25)26/h4-9,12,17H,10-11,13H2,1-3H3,(H,27,29). The molecule has 1 atom stereocenters. The van der Waals surface area contributed by atoms with E-state index in [-0.39, 0.29) is 23.5 Å². The second kappa shape index (κ2) is 9.27. The fourth-order valence-electron chi connectivity index (χ4n) is 3.61. The Balaban J connectivity index is 2.05. The number of hydrogen-bond donors (Lipinski definition) is 1. The van der Waals surface area contributed by atoms with Gasteiger partial charge in [0, 0.05) is 23.0 Å². The first-order valence-electron chi connectivity index (χ1n) is 10.1. The minimum atomic E-state index is -5.07. The maximum absolute atomic E-state index is 13.6. The second-order valence-corrected chi connectivity index (χ2v) is 11.5. The number of ether oxygens (including phenoxy) is 1. The third-order valence-electron chi connectivity index (χ3n) is 5.22. The van der Waals surface area contributed by atoms with Crippen LogP contribution in [0.25, 0.3) is 0 Å². The van der Waals surface area contributed by atoms with Crippen LogP contribution in [-0.4, -0.2) is 38.1 Å². The molecular weight excluding hydrogens is 525 g/mol. The van der Waals surface area contributed by atoms with E-state index in [0.29, 0.717) is 12.0 Å². The minimum absolute atomic E-state index is 0.0294. The Labute approximate surface area is 199 Å². The van der Waals surface area contributed by atoms with E-state index in [1.54, 1.807) is 32.9 Å². The number of benzene rings is 2. The molecule has 0 bridgehead atoms. The molecule has 11 heteroatoms. The predicted octanol–water partition coefficient (Wildman–Crippen LogP) is 4.80. The highest BCUT2D eigenvalue weighted by atomic mass is 79.9. The van der Waals surface area contributed by atoms with Crippen LogP contribution >= 0.6 is 15.9 Å². The molecule has 1 heterocycles. The lowest BCUT2D eigenvalue weighted by atomic mass is 9.93. The Morgan fingerprint density at radius 2 is 1.85 bits per heavy atom. The largest absolute Gasteiger partial charge is 0.573 e. The van der Waals surface area contributed by atoms with E-state index in [9.17, 15) is 26.4 Å². The van der Waals surface area contributed by atoms with Gasteiger partial charge in [-0.3, -0.25) is 4.79 Å². The summed E-state index contributed by atoms with van der Waals surface area (Å²) in [4.78, 5) is 11.9. The zero-order chi connectivity index (χ0) is 24.6. The maximum Gasteiger partial charge on any atom is 0.573 e. The average Bonchev–Trinajstić information content (AvgIpc) is 2.69. The molecule has 2 aromatic rings. The van der Waals surface area contributed by atoms with E-state index in [1.165, 1.54) is 6.07 Å². The van der Waals surface area contributed by atoms with E-state index < -0.39 is 38.5 Å². The first kappa shape index (κ1) is 25.5. The Morgan fingerprint density at radius 3 is 2.48 bits per heavy atom. The summed E-state index contributed by atoms with van der Waals surface area (Å²) in [6.07, 6.45) is -4.69. The highest BCUT2D eigenvalue weighted by Crippen LogP contribution is 2.39. The number of amides is 1. The fourth-order valence-corrected chi connectivity index (χ4v) is 5.65. The lowest BCUT2D eigenvalue weighted by Crippen LogP contribution is -2.46. The van der Waals surface area contributed by atoms with Gasteiger partial charge in [0.15, 0.2) is 5.75 Å². The van der Waals surface area contributed by atoms with Crippen LogP contribution in [0.2, 0.25) is 0 Å². The summed E-state index contributed by atoms with van der Waals surface area (Å²) in [7, 11) is -4.42. The number of nitrogens with zero attached hydrogens (tertiary/aromatic N) is 1. The van der Waals surface area contributed by atoms with E-state index in [4.69, 9.17) is 0 Å². The number of fused-ring (bicyclic) bond motifs is 1. The lowest BCUT2D eigenvalue weighted by molar-refractivity contribution is -0.275. The molecule has 1 N–H and O–H groups in total. The summed E-state index contributed by atoms with van der Waals surface area (Å²) >= 11 is 3.06. The minimum Gasteiger partial charge on any atom is -0.404 e. The molecule has 1 amide bonds. The Kier molecular flexibility index (Phi) is 7.16. The highest BCUT2D eigenvalue weighted by molar-refractivity contribution is 9.10. The maximum atomic E-state index is 13.6. The van der Waals surface area contributed by atoms with Crippen LogP contribution in [0, 0.1) is 5.41 Å². The van der Waals surface area contributed by atoms with Crippen LogP contribution in [0.15, 0.2) is 51.8 Å². The summed E-state index contributed by atoms with van der Waals surface area (Å²) in [6.45, 7) is 5.20.